The summed E-state index contributed by atoms with van der Waals surface area (Å²) in [4.78, 5) is 36.7. The van der Waals surface area contributed by atoms with Crippen LogP contribution in [0.2, 0.25) is 0 Å². The standard InChI is InChI=1S/C18H15F3N2O5S/c19-18(20,21)28-10-6-4-9(5-7-10)17(26)27-8-13(24)23-16-14(15(22)25)11-2-1-3-12(11)29-16/h4-7H,1-3,8H2,(H2,22,25)(H,23,24). The van der Waals surface area contributed by atoms with E-state index in [2.05, 4.69) is 10.1 Å². The summed E-state index contributed by atoms with van der Waals surface area (Å²) >= 11 is 1.26. The molecule has 0 unspecified atom stereocenters. The molecule has 0 saturated heterocycles. The summed E-state index contributed by atoms with van der Waals surface area (Å²) < 4.78 is 45.0. The number of aryl methyl sites for hydroxylation is 1. The average molecular weight is 428 g/mol. The van der Waals surface area contributed by atoms with Crippen LogP contribution in [0.1, 0.15) is 37.6 Å². The Labute approximate surface area is 166 Å². The number of hydrogen-bond donors (Lipinski definition) is 2. The summed E-state index contributed by atoms with van der Waals surface area (Å²) in [6, 6.07) is 4.07. The van der Waals surface area contributed by atoms with Crippen molar-refractivity contribution in [3.8, 4) is 5.75 Å². The lowest BCUT2D eigenvalue weighted by Gasteiger charge is -2.09. The number of anilines is 1. The van der Waals surface area contributed by atoms with E-state index in [9.17, 15) is 27.6 Å². The Bertz CT molecular complexity index is 954. The van der Waals surface area contributed by atoms with Crippen molar-refractivity contribution in [1.82, 2.24) is 0 Å². The fourth-order valence-corrected chi connectivity index (χ4v) is 4.23. The highest BCUT2D eigenvalue weighted by molar-refractivity contribution is 7.17. The number of amides is 2. The van der Waals surface area contributed by atoms with Crippen molar-refractivity contribution in [2.75, 3.05) is 11.9 Å². The molecular weight excluding hydrogens is 413 g/mol. The van der Waals surface area contributed by atoms with Gasteiger partial charge >= 0.3 is 12.3 Å². The number of alkyl halides is 3. The van der Waals surface area contributed by atoms with Crippen LogP contribution < -0.4 is 15.8 Å². The lowest BCUT2D eigenvalue weighted by atomic mass is 10.1. The maximum atomic E-state index is 12.1. The number of carbonyl (C=O) groups is 3. The lowest BCUT2D eigenvalue weighted by molar-refractivity contribution is -0.274. The van der Waals surface area contributed by atoms with Gasteiger partial charge in [0.2, 0.25) is 0 Å². The molecule has 29 heavy (non-hydrogen) atoms. The van der Waals surface area contributed by atoms with E-state index in [0.717, 1.165) is 47.5 Å². The van der Waals surface area contributed by atoms with Gasteiger partial charge in [0.05, 0.1) is 11.1 Å². The molecule has 1 aliphatic carbocycles. The van der Waals surface area contributed by atoms with Gasteiger partial charge in [0.1, 0.15) is 10.8 Å². The summed E-state index contributed by atoms with van der Waals surface area (Å²) in [5, 5.41) is 2.84. The van der Waals surface area contributed by atoms with Crippen LogP contribution in [0.25, 0.3) is 0 Å². The summed E-state index contributed by atoms with van der Waals surface area (Å²) in [7, 11) is 0. The van der Waals surface area contributed by atoms with Crippen LogP contribution in [0.3, 0.4) is 0 Å². The minimum atomic E-state index is -4.84. The molecule has 3 N–H and O–H groups in total. The highest BCUT2D eigenvalue weighted by Crippen LogP contribution is 2.38. The van der Waals surface area contributed by atoms with Crippen LogP contribution in [0.4, 0.5) is 18.2 Å². The van der Waals surface area contributed by atoms with Gasteiger partial charge in [0.15, 0.2) is 6.61 Å². The summed E-state index contributed by atoms with van der Waals surface area (Å²) in [5.74, 6) is -2.70. The van der Waals surface area contributed by atoms with E-state index in [1.54, 1.807) is 0 Å². The summed E-state index contributed by atoms with van der Waals surface area (Å²) in [6.45, 7) is -0.638. The van der Waals surface area contributed by atoms with Gasteiger partial charge in [-0.3, -0.25) is 9.59 Å². The third kappa shape index (κ3) is 5.05. The number of carbonyl (C=O) groups excluding carboxylic acids is 3. The molecule has 0 atom stereocenters. The molecule has 0 fully saturated rings. The van der Waals surface area contributed by atoms with Crippen molar-refractivity contribution in [2.24, 2.45) is 5.73 Å². The van der Waals surface area contributed by atoms with Gasteiger partial charge in [-0.2, -0.15) is 0 Å². The SMILES string of the molecule is NC(=O)c1c(NC(=O)COC(=O)c2ccc(OC(F)(F)F)cc2)sc2c1CCC2. The second-order valence-corrected chi connectivity index (χ2v) is 7.23. The Morgan fingerprint density at radius 1 is 1.14 bits per heavy atom. The third-order valence-corrected chi connectivity index (χ3v) is 5.29. The number of esters is 1. The number of halogens is 3. The first-order chi connectivity index (χ1) is 13.6. The van der Waals surface area contributed by atoms with Crippen molar-refractivity contribution in [1.29, 1.82) is 0 Å². The van der Waals surface area contributed by atoms with Crippen LogP contribution in [-0.2, 0) is 22.4 Å². The molecular formula is C18H15F3N2O5S. The maximum absolute atomic E-state index is 12.1. The molecule has 0 bridgehead atoms. The Hall–Kier alpha value is -3.08. The second-order valence-electron chi connectivity index (χ2n) is 6.12. The molecule has 0 aliphatic heterocycles. The maximum Gasteiger partial charge on any atom is 0.573 e. The van der Waals surface area contributed by atoms with E-state index in [1.807, 2.05) is 0 Å². The smallest absolute Gasteiger partial charge is 0.452 e. The summed E-state index contributed by atoms with van der Waals surface area (Å²) in [6.07, 6.45) is -2.41. The first kappa shape index (κ1) is 20.6. The van der Waals surface area contributed by atoms with Crippen LogP contribution in [0, 0.1) is 0 Å². The molecule has 3 rings (SSSR count). The number of fused-ring (bicyclic) bond motifs is 1. The van der Waals surface area contributed by atoms with Gasteiger partial charge in [-0.05, 0) is 49.1 Å². The zero-order valence-electron chi connectivity index (χ0n) is 14.8. The Morgan fingerprint density at radius 2 is 1.83 bits per heavy atom. The van der Waals surface area contributed by atoms with Crippen LogP contribution >= 0.6 is 11.3 Å². The number of nitrogens with one attached hydrogen (secondary N) is 1. The fraction of sp³-hybridized carbons (Fsp3) is 0.278. The van der Waals surface area contributed by atoms with E-state index >= 15 is 0 Å². The van der Waals surface area contributed by atoms with Gasteiger partial charge in [0.25, 0.3) is 11.8 Å². The molecule has 154 valence electrons. The third-order valence-electron chi connectivity index (χ3n) is 4.08. The van der Waals surface area contributed by atoms with Crippen molar-refractivity contribution in [2.45, 2.75) is 25.6 Å². The first-order valence-corrected chi connectivity index (χ1v) is 9.23. The van der Waals surface area contributed by atoms with Crippen molar-refractivity contribution >= 4 is 34.1 Å². The highest BCUT2D eigenvalue weighted by Gasteiger charge is 2.31. The molecule has 0 saturated carbocycles. The van der Waals surface area contributed by atoms with Gasteiger partial charge < -0.3 is 20.5 Å². The number of ether oxygens (including phenoxy) is 2. The van der Waals surface area contributed by atoms with Crippen molar-refractivity contribution in [3.05, 3.63) is 45.8 Å². The van der Waals surface area contributed by atoms with Crippen LogP contribution in [-0.4, -0.2) is 30.8 Å². The molecule has 7 nitrogen and oxygen atoms in total. The first-order valence-electron chi connectivity index (χ1n) is 8.41. The Kier molecular flexibility index (Phi) is 5.78. The van der Waals surface area contributed by atoms with Gasteiger partial charge in [0, 0.05) is 4.88 Å². The molecule has 1 heterocycles. The highest BCUT2D eigenvalue weighted by atomic mass is 32.1. The number of primary amides is 1. The molecule has 1 aromatic heterocycles. The predicted molar refractivity (Wildman–Crippen MR) is 96.9 cm³/mol. The molecule has 1 aliphatic rings. The van der Waals surface area contributed by atoms with E-state index in [-0.39, 0.29) is 11.1 Å². The van der Waals surface area contributed by atoms with E-state index < -0.39 is 36.5 Å². The van der Waals surface area contributed by atoms with E-state index in [0.29, 0.717) is 11.4 Å². The number of rotatable bonds is 6. The molecule has 11 heteroatoms. The fourth-order valence-electron chi connectivity index (χ4n) is 2.92. The zero-order valence-corrected chi connectivity index (χ0v) is 15.6. The monoisotopic (exact) mass is 428 g/mol. The largest absolute Gasteiger partial charge is 0.573 e. The quantitative estimate of drug-likeness (QED) is 0.688. The number of nitrogens with two attached hydrogens (primary N) is 1. The summed E-state index contributed by atoms with van der Waals surface area (Å²) in [5.41, 5.74) is 6.48. The van der Waals surface area contributed by atoms with E-state index in [1.165, 1.54) is 11.3 Å². The molecule has 1 aromatic carbocycles. The molecule has 0 spiro atoms. The number of benzene rings is 1. The lowest BCUT2D eigenvalue weighted by Crippen LogP contribution is -2.22. The average Bonchev–Trinajstić information content (AvgIpc) is 3.19. The topological polar surface area (TPSA) is 108 Å². The van der Waals surface area contributed by atoms with Gasteiger partial charge in [-0.1, -0.05) is 0 Å². The molecule has 2 amide bonds. The minimum absolute atomic E-state index is 0.0553. The predicted octanol–water partition coefficient (Wildman–Crippen LogP) is 3.03. The van der Waals surface area contributed by atoms with Crippen LogP contribution in [0.15, 0.2) is 24.3 Å². The van der Waals surface area contributed by atoms with Crippen LogP contribution in [0.5, 0.6) is 5.75 Å². The Balaban J connectivity index is 1.57. The normalized spacial score (nSPS) is 12.9. The molecule has 0 radical (unpaired) electrons. The van der Waals surface area contributed by atoms with Crippen molar-refractivity contribution in [3.63, 3.8) is 0 Å². The number of hydrogen-bond acceptors (Lipinski definition) is 6. The van der Waals surface area contributed by atoms with Gasteiger partial charge in [-0.25, -0.2) is 4.79 Å². The molecule has 2 aromatic rings. The number of thiophene rings is 1. The Morgan fingerprint density at radius 3 is 2.45 bits per heavy atom. The van der Waals surface area contributed by atoms with Gasteiger partial charge in [-0.15, -0.1) is 24.5 Å². The zero-order chi connectivity index (χ0) is 21.2. The second kappa shape index (κ2) is 8.11. The van der Waals surface area contributed by atoms with E-state index in [4.69, 9.17) is 10.5 Å². The minimum Gasteiger partial charge on any atom is -0.452 e. The van der Waals surface area contributed by atoms with Crippen molar-refractivity contribution < 1.29 is 37.0 Å².